The Bertz CT molecular complexity index is 1380. The van der Waals surface area contributed by atoms with Crippen LogP contribution in [-0.4, -0.2) is 32.9 Å². The summed E-state index contributed by atoms with van der Waals surface area (Å²) in [7, 11) is -1.81. The molecular weight excluding hydrogens is 524 g/mol. The lowest BCUT2D eigenvalue weighted by Gasteiger charge is -2.28. The summed E-state index contributed by atoms with van der Waals surface area (Å²) in [5.74, 6) is -0.242. The number of nitrogens with zero attached hydrogens (tertiary/aromatic N) is 1. The number of carbonyl (C=O) groups excluding carboxylic acids is 1. The number of amides is 2. The molecule has 0 aromatic heterocycles. The fourth-order valence-corrected chi connectivity index (χ4v) is 6.05. The molecule has 0 bridgehead atoms. The fourth-order valence-electron chi connectivity index (χ4n) is 4.24. The van der Waals surface area contributed by atoms with E-state index in [0.29, 0.717) is 39.0 Å². The average Bonchev–Trinajstić information content (AvgIpc) is 2.81. The Morgan fingerprint density at radius 3 is 2.58 bits per heavy atom. The minimum Gasteiger partial charge on any atom is -0.331 e. The van der Waals surface area contributed by atoms with Gasteiger partial charge in [-0.2, -0.15) is 0 Å². The van der Waals surface area contributed by atoms with Crippen LogP contribution in [0.2, 0.25) is 10.0 Å². The van der Waals surface area contributed by atoms with Crippen LogP contribution in [0.25, 0.3) is 0 Å². The highest BCUT2D eigenvalue weighted by atomic mass is 35.5. The number of fused-ring (bicyclic) bond motifs is 1. The highest BCUT2D eigenvalue weighted by molar-refractivity contribution is 7.90. The molecule has 1 aliphatic rings. The van der Waals surface area contributed by atoms with Gasteiger partial charge in [-0.05, 0) is 66.6 Å². The van der Waals surface area contributed by atoms with Crippen molar-refractivity contribution in [2.75, 3.05) is 18.9 Å². The molecule has 3 aromatic carbocycles. The summed E-state index contributed by atoms with van der Waals surface area (Å²) in [4.78, 5) is 14.4. The molecule has 2 N–H and O–H groups in total. The van der Waals surface area contributed by atoms with Crippen LogP contribution in [0.3, 0.4) is 0 Å². The normalized spacial score (nSPS) is 16.8. The van der Waals surface area contributed by atoms with Crippen molar-refractivity contribution in [2.45, 2.75) is 36.3 Å². The number of alkyl halides is 1. The van der Waals surface area contributed by atoms with Crippen molar-refractivity contribution in [3.63, 3.8) is 0 Å². The summed E-state index contributed by atoms with van der Waals surface area (Å²) in [6.07, 6.45) is -1.14. The van der Waals surface area contributed by atoms with Gasteiger partial charge in [-0.1, -0.05) is 53.5 Å². The standard InChI is InChI=1S/C26H26Cl2FN3O3S/c1-16(21-4-3-5-23(27)25(21)28)30-26(33)31-19-8-10-20(11-9-19)36(34,35)15-17-6-7-18-13-32(2)14-24(29)22(18)12-17/h3-12,16,24H,13-15H2,1-2H3,(H2,30,31,33)/t16-,24?/m1/s1. The summed E-state index contributed by atoms with van der Waals surface area (Å²) < 4.78 is 40.4. The van der Waals surface area contributed by atoms with Crippen LogP contribution < -0.4 is 10.6 Å². The zero-order chi connectivity index (χ0) is 26.0. The summed E-state index contributed by atoms with van der Waals surface area (Å²) in [5.41, 5.74) is 3.07. The predicted molar refractivity (Wildman–Crippen MR) is 141 cm³/mol. The molecule has 0 spiro atoms. The third kappa shape index (κ3) is 6.00. The molecule has 6 nitrogen and oxygen atoms in total. The van der Waals surface area contributed by atoms with E-state index in [0.717, 1.165) is 5.56 Å². The van der Waals surface area contributed by atoms with Crippen LogP contribution in [0.5, 0.6) is 0 Å². The molecule has 10 heteroatoms. The third-order valence-corrected chi connectivity index (χ3v) is 8.62. The molecule has 190 valence electrons. The lowest BCUT2D eigenvalue weighted by molar-refractivity contribution is 0.195. The predicted octanol–water partition coefficient (Wildman–Crippen LogP) is 6.31. The summed E-state index contributed by atoms with van der Waals surface area (Å²) >= 11 is 12.3. The number of nitrogens with one attached hydrogen (secondary N) is 2. The first-order chi connectivity index (χ1) is 17.0. The summed E-state index contributed by atoms with van der Waals surface area (Å²) in [6.45, 7) is 2.70. The van der Waals surface area contributed by atoms with Gasteiger partial charge in [0, 0.05) is 18.8 Å². The maximum absolute atomic E-state index is 14.5. The zero-order valence-corrected chi connectivity index (χ0v) is 22.1. The number of benzene rings is 3. The first-order valence-corrected chi connectivity index (χ1v) is 13.7. The molecule has 0 aliphatic carbocycles. The van der Waals surface area contributed by atoms with E-state index in [2.05, 4.69) is 10.6 Å². The molecule has 4 rings (SSSR count). The third-order valence-electron chi connectivity index (χ3n) is 6.08. The fraction of sp³-hybridized carbons (Fsp3) is 0.269. The van der Waals surface area contributed by atoms with E-state index in [1.807, 2.05) is 11.9 Å². The Kier molecular flexibility index (Phi) is 7.90. The number of likely N-dealkylation sites (N-methyl/N-ethyl adjacent to an activating group) is 1. The number of hydrogen-bond acceptors (Lipinski definition) is 4. The molecule has 3 aromatic rings. The second kappa shape index (κ2) is 10.8. The van der Waals surface area contributed by atoms with Gasteiger partial charge in [0.25, 0.3) is 0 Å². The first kappa shape index (κ1) is 26.4. The minimum absolute atomic E-state index is 0.113. The van der Waals surface area contributed by atoms with E-state index < -0.39 is 28.1 Å². The smallest absolute Gasteiger partial charge is 0.319 e. The molecule has 0 fully saturated rings. The van der Waals surface area contributed by atoms with Crippen LogP contribution in [0.1, 0.15) is 41.4 Å². The Balaban J connectivity index is 1.40. The molecule has 0 saturated carbocycles. The van der Waals surface area contributed by atoms with Crippen molar-refractivity contribution in [1.29, 1.82) is 0 Å². The zero-order valence-electron chi connectivity index (χ0n) is 19.8. The van der Waals surface area contributed by atoms with Gasteiger partial charge in [-0.25, -0.2) is 17.6 Å². The van der Waals surface area contributed by atoms with Crippen LogP contribution in [0.15, 0.2) is 65.6 Å². The van der Waals surface area contributed by atoms with Crippen molar-refractivity contribution in [3.05, 3.63) is 93.0 Å². The van der Waals surface area contributed by atoms with Crippen LogP contribution >= 0.6 is 23.2 Å². The van der Waals surface area contributed by atoms with Gasteiger partial charge in [0.2, 0.25) is 0 Å². The Morgan fingerprint density at radius 2 is 1.86 bits per heavy atom. The first-order valence-electron chi connectivity index (χ1n) is 11.3. The van der Waals surface area contributed by atoms with Gasteiger partial charge in [-0.3, -0.25) is 4.90 Å². The number of rotatable bonds is 6. The number of carbonyl (C=O) groups is 1. The molecule has 2 atom stereocenters. The van der Waals surface area contributed by atoms with Gasteiger partial charge in [0.05, 0.1) is 26.7 Å². The van der Waals surface area contributed by atoms with Crippen molar-refractivity contribution >= 4 is 44.8 Å². The van der Waals surface area contributed by atoms with Crippen molar-refractivity contribution in [2.24, 2.45) is 0 Å². The number of urea groups is 1. The second-order valence-corrected chi connectivity index (χ2v) is 11.7. The minimum atomic E-state index is -3.67. The molecule has 36 heavy (non-hydrogen) atoms. The van der Waals surface area contributed by atoms with Crippen LogP contribution in [0, 0.1) is 0 Å². The summed E-state index contributed by atoms with van der Waals surface area (Å²) in [5, 5.41) is 6.22. The highest BCUT2D eigenvalue weighted by Crippen LogP contribution is 2.31. The number of anilines is 1. The van der Waals surface area contributed by atoms with E-state index in [4.69, 9.17) is 23.2 Å². The van der Waals surface area contributed by atoms with Crippen molar-refractivity contribution < 1.29 is 17.6 Å². The number of hydrogen-bond donors (Lipinski definition) is 2. The molecule has 0 radical (unpaired) electrons. The SMILES string of the molecule is C[C@@H](NC(=O)Nc1ccc(S(=O)(=O)Cc2ccc3c(c2)C(F)CN(C)C3)cc1)c1cccc(Cl)c1Cl. The molecule has 2 amide bonds. The number of sulfone groups is 1. The van der Waals surface area contributed by atoms with Gasteiger partial charge in [0.15, 0.2) is 9.84 Å². The summed E-state index contributed by atoms with van der Waals surface area (Å²) in [6, 6.07) is 15.4. The van der Waals surface area contributed by atoms with Gasteiger partial charge < -0.3 is 10.6 Å². The van der Waals surface area contributed by atoms with E-state index in [1.165, 1.54) is 24.3 Å². The molecule has 1 aliphatic heterocycles. The molecule has 0 saturated heterocycles. The molecule has 1 heterocycles. The second-order valence-electron chi connectivity index (χ2n) is 8.94. The van der Waals surface area contributed by atoms with Crippen LogP contribution in [0.4, 0.5) is 14.9 Å². The van der Waals surface area contributed by atoms with Crippen molar-refractivity contribution in [3.8, 4) is 0 Å². The van der Waals surface area contributed by atoms with Gasteiger partial charge in [-0.15, -0.1) is 0 Å². The largest absolute Gasteiger partial charge is 0.331 e. The maximum atomic E-state index is 14.5. The molecule has 1 unspecified atom stereocenters. The van der Waals surface area contributed by atoms with E-state index in [1.54, 1.807) is 43.3 Å². The highest BCUT2D eigenvalue weighted by Gasteiger charge is 2.24. The Hall–Kier alpha value is -2.65. The van der Waals surface area contributed by atoms with Crippen molar-refractivity contribution in [1.82, 2.24) is 10.2 Å². The molecular formula is C26H26Cl2FN3O3S. The van der Waals surface area contributed by atoms with E-state index in [-0.39, 0.29) is 17.2 Å². The van der Waals surface area contributed by atoms with Crippen LogP contribution in [-0.2, 0) is 22.1 Å². The van der Waals surface area contributed by atoms with E-state index >= 15 is 0 Å². The van der Waals surface area contributed by atoms with E-state index in [9.17, 15) is 17.6 Å². The van der Waals surface area contributed by atoms with Gasteiger partial charge in [0.1, 0.15) is 6.17 Å². The number of halogens is 3. The lowest BCUT2D eigenvalue weighted by atomic mass is 9.97. The maximum Gasteiger partial charge on any atom is 0.319 e. The quantitative estimate of drug-likeness (QED) is 0.377. The Labute approximate surface area is 220 Å². The monoisotopic (exact) mass is 549 g/mol. The Morgan fingerprint density at radius 1 is 1.14 bits per heavy atom. The lowest BCUT2D eigenvalue weighted by Crippen LogP contribution is -2.31. The average molecular weight is 550 g/mol. The van der Waals surface area contributed by atoms with Gasteiger partial charge >= 0.3 is 6.03 Å². The topological polar surface area (TPSA) is 78.5 Å².